The van der Waals surface area contributed by atoms with Crippen molar-refractivity contribution < 1.29 is 9.53 Å². The highest BCUT2D eigenvalue weighted by Crippen LogP contribution is 2.24. The molecule has 3 nitrogen and oxygen atoms in total. The van der Waals surface area contributed by atoms with Crippen molar-refractivity contribution in [3.05, 3.63) is 64.2 Å². The van der Waals surface area contributed by atoms with E-state index >= 15 is 0 Å². The van der Waals surface area contributed by atoms with Crippen LogP contribution in [0.15, 0.2) is 42.5 Å². The summed E-state index contributed by atoms with van der Waals surface area (Å²) in [6.07, 6.45) is 3.85. The number of nitrogens with zero attached hydrogens (tertiary/aromatic N) is 1. The first-order valence-electron chi connectivity index (χ1n) is 7.89. The Labute approximate surface area is 138 Å². The second kappa shape index (κ2) is 6.13. The minimum absolute atomic E-state index is 0.192. The third-order valence-electron chi connectivity index (χ3n) is 4.21. The Morgan fingerprint density at radius 3 is 2.91 bits per heavy atom. The number of ether oxygens (including phenoxy) is 1. The Kier molecular flexibility index (Phi) is 3.83. The summed E-state index contributed by atoms with van der Waals surface area (Å²) in [5.74, 6) is -0.192. The van der Waals surface area contributed by atoms with Crippen molar-refractivity contribution in [3.8, 4) is 0 Å². The van der Waals surface area contributed by atoms with E-state index in [9.17, 15) is 4.79 Å². The molecular weight excluding hydrogens is 306 g/mol. The number of carbonyl (C=O) groups excluding carboxylic acids is 1. The maximum Gasteiger partial charge on any atom is 0.310 e. The number of fused-ring (bicyclic) bond motifs is 2. The molecule has 0 radical (unpaired) electrons. The van der Waals surface area contributed by atoms with Gasteiger partial charge in [-0.15, -0.1) is 11.3 Å². The lowest BCUT2D eigenvalue weighted by Gasteiger charge is -2.05. The average Bonchev–Trinajstić information content (AvgIpc) is 3.18. The van der Waals surface area contributed by atoms with E-state index in [0.717, 1.165) is 33.6 Å². The molecule has 2 aromatic carbocycles. The summed E-state index contributed by atoms with van der Waals surface area (Å²) >= 11 is 1.57. The third-order valence-corrected chi connectivity index (χ3v) is 5.22. The highest BCUT2D eigenvalue weighted by molar-refractivity contribution is 7.18. The number of aryl methyl sites for hydroxylation is 2. The van der Waals surface area contributed by atoms with E-state index in [1.54, 1.807) is 11.3 Å². The van der Waals surface area contributed by atoms with E-state index in [4.69, 9.17) is 4.74 Å². The molecule has 1 heterocycles. The van der Waals surface area contributed by atoms with Crippen LogP contribution in [0.4, 0.5) is 0 Å². The molecule has 0 amide bonds. The van der Waals surface area contributed by atoms with Crippen LogP contribution in [0.3, 0.4) is 0 Å². The van der Waals surface area contributed by atoms with Crippen molar-refractivity contribution >= 4 is 27.5 Å². The van der Waals surface area contributed by atoms with E-state index in [-0.39, 0.29) is 12.6 Å². The Morgan fingerprint density at radius 2 is 2.00 bits per heavy atom. The van der Waals surface area contributed by atoms with Crippen molar-refractivity contribution in [2.45, 2.75) is 32.3 Å². The monoisotopic (exact) mass is 323 g/mol. The smallest absolute Gasteiger partial charge is 0.310 e. The zero-order chi connectivity index (χ0) is 15.6. The van der Waals surface area contributed by atoms with Crippen LogP contribution in [0.1, 0.15) is 28.1 Å². The van der Waals surface area contributed by atoms with Gasteiger partial charge in [-0.25, -0.2) is 4.98 Å². The zero-order valence-electron chi connectivity index (χ0n) is 12.7. The van der Waals surface area contributed by atoms with Crippen molar-refractivity contribution in [2.24, 2.45) is 0 Å². The average molecular weight is 323 g/mol. The van der Waals surface area contributed by atoms with Crippen LogP contribution < -0.4 is 0 Å². The Bertz CT molecular complexity index is 836. The van der Waals surface area contributed by atoms with Crippen molar-refractivity contribution in [2.75, 3.05) is 0 Å². The van der Waals surface area contributed by atoms with Crippen molar-refractivity contribution in [3.63, 3.8) is 0 Å². The minimum atomic E-state index is -0.192. The Hall–Kier alpha value is -2.20. The number of rotatable bonds is 4. The first kappa shape index (κ1) is 14.4. The van der Waals surface area contributed by atoms with Gasteiger partial charge in [0.25, 0.3) is 0 Å². The quantitative estimate of drug-likeness (QED) is 0.679. The number of hydrogen-bond donors (Lipinski definition) is 0. The van der Waals surface area contributed by atoms with Gasteiger partial charge >= 0.3 is 5.97 Å². The fourth-order valence-corrected chi connectivity index (χ4v) is 3.96. The summed E-state index contributed by atoms with van der Waals surface area (Å²) in [5.41, 5.74) is 4.82. The molecule has 3 aromatic rings. The second-order valence-corrected chi connectivity index (χ2v) is 6.98. The molecule has 1 aromatic heterocycles. The number of esters is 1. The molecule has 23 heavy (non-hydrogen) atoms. The van der Waals surface area contributed by atoms with Gasteiger partial charge in [0, 0.05) is 0 Å². The molecular formula is C19H17NO2S. The maximum absolute atomic E-state index is 12.1. The summed E-state index contributed by atoms with van der Waals surface area (Å²) in [6, 6.07) is 14.3. The predicted octanol–water partition coefficient (Wildman–Crippen LogP) is 4.07. The van der Waals surface area contributed by atoms with Crippen LogP contribution in [0.5, 0.6) is 0 Å². The standard InChI is InChI=1S/C19H17NO2S/c21-19(11-13-8-9-14-4-3-5-15(14)10-13)22-12-18-20-16-6-1-2-7-17(16)23-18/h1-2,6-10H,3-5,11-12H2. The van der Waals surface area contributed by atoms with Gasteiger partial charge in [0.15, 0.2) is 0 Å². The van der Waals surface area contributed by atoms with Gasteiger partial charge in [-0.1, -0.05) is 30.3 Å². The summed E-state index contributed by atoms with van der Waals surface area (Å²) < 4.78 is 6.51. The van der Waals surface area contributed by atoms with Crippen LogP contribution >= 0.6 is 11.3 Å². The lowest BCUT2D eigenvalue weighted by atomic mass is 10.0. The second-order valence-electron chi connectivity index (χ2n) is 5.87. The molecule has 0 saturated carbocycles. The minimum Gasteiger partial charge on any atom is -0.458 e. The molecule has 1 aliphatic rings. The van der Waals surface area contributed by atoms with Gasteiger partial charge in [0.2, 0.25) is 0 Å². The van der Waals surface area contributed by atoms with Crippen LogP contribution in [-0.2, 0) is 35.4 Å². The van der Waals surface area contributed by atoms with Crippen LogP contribution in [0.25, 0.3) is 10.2 Å². The molecule has 4 heteroatoms. The highest BCUT2D eigenvalue weighted by Gasteiger charge is 2.13. The molecule has 116 valence electrons. The lowest BCUT2D eigenvalue weighted by Crippen LogP contribution is -2.08. The summed E-state index contributed by atoms with van der Waals surface area (Å²) in [5, 5.41) is 0.841. The summed E-state index contributed by atoms with van der Waals surface area (Å²) in [6.45, 7) is 0.253. The third kappa shape index (κ3) is 3.13. The van der Waals surface area contributed by atoms with E-state index < -0.39 is 0 Å². The molecule has 0 fully saturated rings. The molecule has 1 aliphatic carbocycles. The number of benzene rings is 2. The first-order valence-corrected chi connectivity index (χ1v) is 8.70. The SMILES string of the molecule is O=C(Cc1ccc2c(c1)CCC2)OCc1nc2ccccc2s1. The normalized spacial score (nSPS) is 13.2. The fraction of sp³-hybridized carbons (Fsp3) is 0.263. The predicted molar refractivity (Wildman–Crippen MR) is 91.6 cm³/mol. The van der Waals surface area contributed by atoms with Crippen LogP contribution in [0.2, 0.25) is 0 Å². The number of carbonyl (C=O) groups is 1. The largest absolute Gasteiger partial charge is 0.458 e. The van der Waals surface area contributed by atoms with Gasteiger partial charge < -0.3 is 4.74 Å². The number of hydrogen-bond acceptors (Lipinski definition) is 4. The van der Waals surface area contributed by atoms with Crippen molar-refractivity contribution in [1.82, 2.24) is 4.98 Å². The van der Waals surface area contributed by atoms with Gasteiger partial charge in [-0.05, 0) is 48.1 Å². The zero-order valence-corrected chi connectivity index (χ0v) is 13.6. The van der Waals surface area contributed by atoms with E-state index in [0.29, 0.717) is 6.42 Å². The number of para-hydroxylation sites is 1. The molecule has 0 unspecified atom stereocenters. The maximum atomic E-state index is 12.1. The number of thiazole rings is 1. The van der Waals surface area contributed by atoms with Gasteiger partial charge in [0.1, 0.15) is 11.6 Å². The molecule has 0 atom stereocenters. The molecule has 0 spiro atoms. The van der Waals surface area contributed by atoms with Gasteiger partial charge in [-0.3, -0.25) is 4.79 Å². The molecule has 0 saturated heterocycles. The van der Waals surface area contributed by atoms with E-state index in [2.05, 4.69) is 17.1 Å². The summed E-state index contributed by atoms with van der Waals surface area (Å²) in [4.78, 5) is 16.5. The van der Waals surface area contributed by atoms with Gasteiger partial charge in [0.05, 0.1) is 16.6 Å². The first-order chi connectivity index (χ1) is 11.3. The van der Waals surface area contributed by atoms with E-state index in [1.807, 2.05) is 30.3 Å². The molecule has 0 N–H and O–H groups in total. The fourth-order valence-electron chi connectivity index (χ4n) is 3.08. The van der Waals surface area contributed by atoms with Crippen molar-refractivity contribution in [1.29, 1.82) is 0 Å². The Balaban J connectivity index is 1.38. The number of aromatic nitrogens is 1. The molecule has 0 bridgehead atoms. The van der Waals surface area contributed by atoms with Crippen LogP contribution in [0, 0.1) is 0 Å². The summed E-state index contributed by atoms with van der Waals surface area (Å²) in [7, 11) is 0. The molecule has 0 aliphatic heterocycles. The molecule has 4 rings (SSSR count). The topological polar surface area (TPSA) is 39.2 Å². The van der Waals surface area contributed by atoms with Gasteiger partial charge in [-0.2, -0.15) is 0 Å². The Morgan fingerprint density at radius 1 is 1.13 bits per heavy atom. The highest BCUT2D eigenvalue weighted by atomic mass is 32.1. The van der Waals surface area contributed by atoms with E-state index in [1.165, 1.54) is 17.5 Å². The van der Waals surface area contributed by atoms with Crippen LogP contribution in [-0.4, -0.2) is 11.0 Å². The lowest BCUT2D eigenvalue weighted by molar-refractivity contribution is -0.144.